The Morgan fingerprint density at radius 2 is 1.54 bits per heavy atom. The number of carboxylic acids is 1. The molecule has 35 heavy (non-hydrogen) atoms. The van der Waals surface area contributed by atoms with Gasteiger partial charge in [-0.25, -0.2) is 9.59 Å². The summed E-state index contributed by atoms with van der Waals surface area (Å²) in [6.07, 6.45) is -0.419. The van der Waals surface area contributed by atoms with Gasteiger partial charge in [0.15, 0.2) is 6.10 Å². The van der Waals surface area contributed by atoms with Crippen LogP contribution in [0.3, 0.4) is 0 Å². The van der Waals surface area contributed by atoms with Crippen molar-refractivity contribution in [1.82, 2.24) is 10.6 Å². The van der Waals surface area contributed by atoms with Gasteiger partial charge in [0, 0.05) is 31.8 Å². The summed E-state index contributed by atoms with van der Waals surface area (Å²) in [6, 6.07) is 16.4. The number of ether oxygens (including phenoxy) is 1. The van der Waals surface area contributed by atoms with Crippen molar-refractivity contribution in [3.63, 3.8) is 0 Å². The lowest BCUT2D eigenvalue weighted by atomic mass is 9.84. The van der Waals surface area contributed by atoms with Gasteiger partial charge in [0.25, 0.3) is 0 Å². The second-order valence-electron chi connectivity index (χ2n) is 9.66. The number of hydrogen-bond donors (Lipinski definition) is 4. The summed E-state index contributed by atoms with van der Waals surface area (Å²) in [4.78, 5) is 34.9. The average Bonchev–Trinajstić information content (AvgIpc) is 3.15. The number of aliphatic hydroxyl groups excluding tert-OH is 1. The zero-order valence-electron chi connectivity index (χ0n) is 20.3. The number of carboxylic acid groups (broad SMARTS) is 1. The molecule has 0 bridgehead atoms. The van der Waals surface area contributed by atoms with Crippen molar-refractivity contribution in [2.75, 3.05) is 19.7 Å². The number of carbonyl (C=O) groups excluding carboxylic acids is 2. The van der Waals surface area contributed by atoms with Crippen LogP contribution in [-0.4, -0.2) is 54.0 Å². The van der Waals surface area contributed by atoms with Crippen LogP contribution in [0.4, 0.5) is 4.79 Å². The minimum Gasteiger partial charge on any atom is -0.479 e. The number of benzene rings is 2. The van der Waals surface area contributed by atoms with E-state index in [9.17, 15) is 19.5 Å². The molecule has 2 aromatic carbocycles. The fraction of sp³-hybridized carbons (Fsp3) is 0.444. The van der Waals surface area contributed by atoms with Crippen LogP contribution in [0.2, 0.25) is 0 Å². The standard InChI is InChI=1S/C27H34N2O6/c1-27(2,13-11-24(31)28-15-12-23(30)25(32)33)14-16-29-26(34)35-17-22-20-9-5-3-7-18(20)19-8-4-6-10-21(19)22/h3-10,22-23,30H,11-17H2,1-2H3,(H,28,31)(H,29,34)(H,32,33)/t23-/m0/s1. The summed E-state index contributed by atoms with van der Waals surface area (Å²) in [7, 11) is 0. The van der Waals surface area contributed by atoms with E-state index in [1.165, 1.54) is 22.3 Å². The fourth-order valence-corrected chi connectivity index (χ4v) is 4.29. The zero-order valence-corrected chi connectivity index (χ0v) is 20.3. The minimum absolute atomic E-state index is 0.0136. The fourth-order valence-electron chi connectivity index (χ4n) is 4.29. The normalized spacial score (nSPS) is 13.5. The maximum Gasteiger partial charge on any atom is 0.407 e. The Kier molecular flexibility index (Phi) is 8.87. The highest BCUT2D eigenvalue weighted by Crippen LogP contribution is 2.44. The van der Waals surface area contributed by atoms with Crippen LogP contribution in [0.5, 0.6) is 0 Å². The molecule has 0 spiro atoms. The maximum atomic E-state index is 12.3. The van der Waals surface area contributed by atoms with Crippen molar-refractivity contribution in [2.24, 2.45) is 5.41 Å². The van der Waals surface area contributed by atoms with Crippen LogP contribution in [0.1, 0.15) is 56.6 Å². The molecule has 1 aliphatic rings. The Hall–Kier alpha value is -3.39. The smallest absolute Gasteiger partial charge is 0.407 e. The lowest BCUT2D eigenvalue weighted by Crippen LogP contribution is -2.32. The average molecular weight is 483 g/mol. The number of fused-ring (bicyclic) bond motifs is 3. The van der Waals surface area contributed by atoms with Gasteiger partial charge in [-0.15, -0.1) is 0 Å². The van der Waals surface area contributed by atoms with Crippen molar-refractivity contribution in [1.29, 1.82) is 0 Å². The van der Waals surface area contributed by atoms with Crippen LogP contribution in [0.25, 0.3) is 11.1 Å². The monoisotopic (exact) mass is 482 g/mol. The van der Waals surface area contributed by atoms with E-state index in [0.29, 0.717) is 19.4 Å². The quantitative estimate of drug-likeness (QED) is 0.366. The molecule has 0 heterocycles. The maximum absolute atomic E-state index is 12.3. The number of nitrogens with one attached hydrogen (secondary N) is 2. The van der Waals surface area contributed by atoms with Gasteiger partial charge in [-0.1, -0.05) is 62.4 Å². The Balaban J connectivity index is 1.37. The molecule has 8 nitrogen and oxygen atoms in total. The molecule has 0 radical (unpaired) electrons. The highest BCUT2D eigenvalue weighted by Gasteiger charge is 2.29. The van der Waals surface area contributed by atoms with Crippen molar-refractivity contribution in [3.05, 3.63) is 59.7 Å². The van der Waals surface area contributed by atoms with E-state index in [2.05, 4.69) is 34.9 Å². The molecule has 0 unspecified atom stereocenters. The lowest BCUT2D eigenvalue weighted by Gasteiger charge is -2.24. The molecule has 0 aromatic heterocycles. The molecule has 0 saturated heterocycles. The van der Waals surface area contributed by atoms with E-state index in [4.69, 9.17) is 9.84 Å². The van der Waals surface area contributed by atoms with Gasteiger partial charge >= 0.3 is 12.1 Å². The molecule has 188 valence electrons. The number of aliphatic hydroxyl groups is 1. The van der Waals surface area contributed by atoms with Crippen molar-refractivity contribution < 1.29 is 29.3 Å². The first kappa shape index (κ1) is 26.2. The molecular formula is C27H34N2O6. The largest absolute Gasteiger partial charge is 0.479 e. The van der Waals surface area contributed by atoms with Crippen LogP contribution in [-0.2, 0) is 14.3 Å². The number of rotatable bonds is 12. The van der Waals surface area contributed by atoms with Crippen LogP contribution >= 0.6 is 0 Å². The van der Waals surface area contributed by atoms with Gasteiger partial charge < -0.3 is 25.6 Å². The van der Waals surface area contributed by atoms with E-state index >= 15 is 0 Å². The molecule has 0 aliphatic heterocycles. The summed E-state index contributed by atoms with van der Waals surface area (Å²) in [5.74, 6) is -1.48. The third-order valence-corrected chi connectivity index (χ3v) is 6.47. The summed E-state index contributed by atoms with van der Waals surface area (Å²) in [6.45, 7) is 4.84. The molecule has 1 aliphatic carbocycles. The van der Waals surface area contributed by atoms with Gasteiger partial charge in [0.1, 0.15) is 6.61 Å². The first-order chi connectivity index (χ1) is 16.7. The highest BCUT2D eigenvalue weighted by atomic mass is 16.5. The number of aliphatic carboxylic acids is 1. The number of amides is 2. The molecule has 4 N–H and O–H groups in total. The predicted octanol–water partition coefficient (Wildman–Crippen LogP) is 3.67. The Morgan fingerprint density at radius 1 is 0.943 bits per heavy atom. The Bertz CT molecular complexity index is 1010. The van der Waals surface area contributed by atoms with E-state index in [-0.39, 0.29) is 43.2 Å². The Morgan fingerprint density at radius 3 is 2.14 bits per heavy atom. The lowest BCUT2D eigenvalue weighted by molar-refractivity contribution is -0.147. The van der Waals surface area contributed by atoms with E-state index in [1.54, 1.807) is 0 Å². The second-order valence-corrected chi connectivity index (χ2v) is 9.66. The van der Waals surface area contributed by atoms with E-state index in [0.717, 1.165) is 0 Å². The third kappa shape index (κ3) is 7.29. The third-order valence-electron chi connectivity index (χ3n) is 6.47. The molecule has 3 rings (SSSR count). The number of hydrogen-bond acceptors (Lipinski definition) is 5. The molecule has 0 saturated carbocycles. The first-order valence-electron chi connectivity index (χ1n) is 11.9. The topological polar surface area (TPSA) is 125 Å². The van der Waals surface area contributed by atoms with Crippen LogP contribution < -0.4 is 10.6 Å². The van der Waals surface area contributed by atoms with Crippen molar-refractivity contribution in [3.8, 4) is 11.1 Å². The molecule has 2 amide bonds. The predicted molar refractivity (Wildman–Crippen MR) is 132 cm³/mol. The summed E-state index contributed by atoms with van der Waals surface area (Å²) < 4.78 is 5.56. The molecular weight excluding hydrogens is 448 g/mol. The van der Waals surface area contributed by atoms with E-state index < -0.39 is 18.2 Å². The van der Waals surface area contributed by atoms with Crippen molar-refractivity contribution >= 4 is 18.0 Å². The van der Waals surface area contributed by atoms with Crippen LogP contribution in [0.15, 0.2) is 48.5 Å². The van der Waals surface area contributed by atoms with Gasteiger partial charge in [-0.2, -0.15) is 0 Å². The second kappa shape index (κ2) is 11.8. The molecule has 2 aromatic rings. The van der Waals surface area contributed by atoms with E-state index in [1.807, 2.05) is 38.1 Å². The Labute approximate surface area is 205 Å². The number of alkyl carbamates (subject to hydrolysis) is 1. The SMILES string of the molecule is CC(C)(CCNC(=O)OCC1c2ccccc2-c2ccccc21)CCC(=O)NCC[C@H](O)C(=O)O. The molecule has 0 fully saturated rings. The summed E-state index contributed by atoms with van der Waals surface area (Å²) in [5, 5.41) is 23.3. The van der Waals surface area contributed by atoms with Crippen LogP contribution in [0, 0.1) is 5.41 Å². The summed E-state index contributed by atoms with van der Waals surface area (Å²) >= 11 is 0. The minimum atomic E-state index is -1.48. The molecule has 8 heteroatoms. The van der Waals surface area contributed by atoms with Gasteiger partial charge in [0.05, 0.1) is 0 Å². The zero-order chi connectivity index (χ0) is 25.4. The highest BCUT2D eigenvalue weighted by molar-refractivity contribution is 5.79. The molecule has 1 atom stereocenters. The van der Waals surface area contributed by atoms with Gasteiger partial charge in [0.2, 0.25) is 5.91 Å². The van der Waals surface area contributed by atoms with Gasteiger partial charge in [-0.3, -0.25) is 4.79 Å². The van der Waals surface area contributed by atoms with Crippen molar-refractivity contribution in [2.45, 2.75) is 51.6 Å². The van der Waals surface area contributed by atoms with Gasteiger partial charge in [-0.05, 0) is 40.5 Å². The summed E-state index contributed by atoms with van der Waals surface area (Å²) in [5.41, 5.74) is 4.51. The first-order valence-corrected chi connectivity index (χ1v) is 11.9. The number of carbonyl (C=O) groups is 3.